The molecule has 0 spiro atoms. The Kier molecular flexibility index (Phi) is 6.25. The van der Waals surface area contributed by atoms with Gasteiger partial charge in [0, 0.05) is 38.2 Å². The zero-order valence-electron chi connectivity index (χ0n) is 26.5. The summed E-state index contributed by atoms with van der Waals surface area (Å²) in [6.45, 7) is 12.3. The van der Waals surface area contributed by atoms with Gasteiger partial charge < -0.3 is 14.4 Å². The molecule has 5 heteroatoms. The summed E-state index contributed by atoms with van der Waals surface area (Å²) < 4.78 is 10.5. The molecule has 2 aromatic heterocycles. The molecule has 43 heavy (non-hydrogen) atoms. The highest BCUT2D eigenvalue weighted by molar-refractivity contribution is 6.14. The first-order valence-corrected chi connectivity index (χ1v) is 15.4. The third kappa shape index (κ3) is 3.77. The van der Waals surface area contributed by atoms with E-state index in [1.165, 1.54) is 54.8 Å². The molecule has 0 radical (unpaired) electrons. The third-order valence-electron chi connectivity index (χ3n) is 10.6. The van der Waals surface area contributed by atoms with Crippen LogP contribution in [0.1, 0.15) is 58.6 Å². The van der Waals surface area contributed by atoms with E-state index in [0.717, 1.165) is 17.5 Å². The zero-order chi connectivity index (χ0) is 30.3. The quantitative estimate of drug-likeness (QED) is 0.216. The molecule has 4 aromatic carbocycles. The minimum atomic E-state index is -0.414. The summed E-state index contributed by atoms with van der Waals surface area (Å²) in [5.74, 6) is 0. The highest BCUT2D eigenvalue weighted by Crippen LogP contribution is 2.54. The molecule has 0 aliphatic carbocycles. The number of aromatic nitrogens is 3. The van der Waals surface area contributed by atoms with Crippen molar-refractivity contribution in [1.29, 1.82) is 0 Å². The Labute approximate surface area is 253 Å². The highest BCUT2D eigenvalue weighted by Gasteiger charge is 2.56. The van der Waals surface area contributed by atoms with Gasteiger partial charge in [0.05, 0.1) is 17.5 Å². The van der Waals surface area contributed by atoms with Crippen LogP contribution in [0.25, 0.3) is 54.7 Å². The van der Waals surface area contributed by atoms with E-state index in [1.807, 2.05) is 0 Å². The Morgan fingerprint density at radius 3 is 2.26 bits per heavy atom. The van der Waals surface area contributed by atoms with Crippen molar-refractivity contribution in [3.63, 3.8) is 0 Å². The van der Waals surface area contributed by atoms with Crippen molar-refractivity contribution in [1.82, 2.24) is 9.55 Å². The second-order valence-electron chi connectivity index (χ2n) is 13.9. The van der Waals surface area contributed by atoms with Gasteiger partial charge in [0.2, 0.25) is 5.52 Å². The lowest BCUT2D eigenvalue weighted by Gasteiger charge is -2.50. The molecule has 1 aliphatic rings. The van der Waals surface area contributed by atoms with E-state index in [9.17, 15) is 5.11 Å². The van der Waals surface area contributed by atoms with Gasteiger partial charge in [-0.25, -0.2) is 4.57 Å². The van der Waals surface area contributed by atoms with Crippen molar-refractivity contribution < 1.29 is 14.4 Å². The Balaban J connectivity index is 1.72. The van der Waals surface area contributed by atoms with Gasteiger partial charge in [-0.2, -0.15) is 0 Å². The molecule has 0 saturated carbocycles. The molecule has 0 fully saturated rings. The van der Waals surface area contributed by atoms with Gasteiger partial charge >= 0.3 is 0 Å². The molecule has 5 nitrogen and oxygen atoms in total. The molecule has 6 aromatic rings. The predicted octanol–water partition coefficient (Wildman–Crippen LogP) is 7.69. The van der Waals surface area contributed by atoms with E-state index in [0.29, 0.717) is 13.0 Å². The topological polar surface area (TPSA) is 51.2 Å². The summed E-state index contributed by atoms with van der Waals surface area (Å²) in [7, 11) is 3.96. The zero-order valence-corrected chi connectivity index (χ0v) is 26.5. The first-order chi connectivity index (χ1) is 20.5. The normalized spacial score (nSPS) is 20.3. The predicted molar refractivity (Wildman–Crippen MR) is 177 cm³/mol. The molecule has 3 heterocycles. The Hall–Kier alpha value is -3.80. The van der Waals surface area contributed by atoms with Crippen LogP contribution in [0.3, 0.4) is 0 Å². The van der Waals surface area contributed by atoms with Crippen LogP contribution in [0.15, 0.2) is 73.1 Å². The standard InChI is InChI=1S/C38H42N3O2/c1-36(2,3)30-22-29-32(27-15-11-10-14-26(27)30)37(4,16-18-42)38(5,17-19-43-7)41-23-39-33-28-20-24-12-8-9-13-25(24)21-31(28)40(6)35(33)34(29)41/h8-15,20-23,42H,16-19H2,1-7H3/q+1. The SMILES string of the molecule is COCCC1(C)[n+]2cnc3c4cc5ccccc5cc4n(C)c3c2-c2cc(C(C)(C)C)c3ccccc3c2C1(C)CCO. The molecule has 1 N–H and O–H groups in total. The van der Waals surface area contributed by atoms with Crippen LogP contribution in [0.5, 0.6) is 0 Å². The van der Waals surface area contributed by atoms with Gasteiger partial charge in [-0.1, -0.05) is 76.2 Å². The average molecular weight is 573 g/mol. The fourth-order valence-electron chi connectivity index (χ4n) is 8.05. The average Bonchev–Trinajstić information content (AvgIpc) is 3.27. The number of benzene rings is 4. The second kappa shape index (κ2) is 9.60. The van der Waals surface area contributed by atoms with E-state index in [1.54, 1.807) is 7.11 Å². The lowest BCUT2D eigenvalue weighted by Crippen LogP contribution is -2.68. The van der Waals surface area contributed by atoms with Crippen molar-refractivity contribution in [2.45, 2.75) is 63.8 Å². The van der Waals surface area contributed by atoms with Crippen LogP contribution in [-0.2, 0) is 28.2 Å². The maximum Gasteiger partial charge on any atom is 0.287 e. The van der Waals surface area contributed by atoms with Crippen molar-refractivity contribution >= 4 is 43.5 Å². The van der Waals surface area contributed by atoms with E-state index < -0.39 is 11.0 Å². The number of aryl methyl sites for hydroxylation is 1. The monoisotopic (exact) mass is 572 g/mol. The number of hydrogen-bond acceptors (Lipinski definition) is 3. The van der Waals surface area contributed by atoms with Crippen molar-refractivity contribution in [3.05, 3.63) is 84.2 Å². The van der Waals surface area contributed by atoms with Crippen LogP contribution < -0.4 is 4.57 Å². The summed E-state index contributed by atoms with van der Waals surface area (Å²) in [6.07, 6.45) is 3.48. The molecular weight excluding hydrogens is 530 g/mol. The largest absolute Gasteiger partial charge is 0.396 e. The lowest BCUT2D eigenvalue weighted by molar-refractivity contribution is -0.767. The number of rotatable bonds is 5. The van der Waals surface area contributed by atoms with E-state index in [-0.39, 0.29) is 12.0 Å². The van der Waals surface area contributed by atoms with Crippen molar-refractivity contribution in [2.24, 2.45) is 7.05 Å². The van der Waals surface area contributed by atoms with Gasteiger partial charge in [0.1, 0.15) is 11.1 Å². The molecule has 220 valence electrons. The summed E-state index contributed by atoms with van der Waals surface area (Å²) >= 11 is 0. The molecule has 0 bridgehead atoms. The van der Waals surface area contributed by atoms with E-state index >= 15 is 0 Å². The lowest BCUT2D eigenvalue weighted by atomic mass is 9.59. The molecule has 0 saturated heterocycles. The van der Waals surface area contributed by atoms with Crippen LogP contribution in [0.2, 0.25) is 0 Å². The van der Waals surface area contributed by atoms with Crippen molar-refractivity contribution in [3.8, 4) is 11.3 Å². The van der Waals surface area contributed by atoms with Gasteiger partial charge in [-0.15, -0.1) is 0 Å². The molecule has 1 aliphatic heterocycles. The van der Waals surface area contributed by atoms with Crippen LogP contribution in [-0.4, -0.2) is 35.0 Å². The first-order valence-electron chi connectivity index (χ1n) is 15.4. The maximum absolute atomic E-state index is 10.6. The van der Waals surface area contributed by atoms with Crippen LogP contribution >= 0.6 is 0 Å². The number of hydrogen-bond donors (Lipinski definition) is 1. The summed E-state index contributed by atoms with van der Waals surface area (Å²) in [5.41, 5.74) is 7.53. The van der Waals surface area contributed by atoms with Gasteiger partial charge in [-0.05, 0) is 74.6 Å². The van der Waals surface area contributed by atoms with Crippen molar-refractivity contribution in [2.75, 3.05) is 20.3 Å². The number of nitrogens with zero attached hydrogens (tertiary/aromatic N) is 3. The van der Waals surface area contributed by atoms with Gasteiger partial charge in [0.25, 0.3) is 6.33 Å². The molecule has 2 unspecified atom stereocenters. The number of ether oxygens (including phenoxy) is 1. The molecule has 7 rings (SSSR count). The molecule has 0 amide bonds. The third-order valence-corrected chi connectivity index (χ3v) is 10.6. The fraction of sp³-hybridized carbons (Fsp3) is 0.368. The minimum absolute atomic E-state index is 0.0631. The smallest absolute Gasteiger partial charge is 0.287 e. The van der Waals surface area contributed by atoms with Gasteiger partial charge in [0.15, 0.2) is 5.69 Å². The molecule has 2 atom stereocenters. The molecular formula is C38H42N3O2+. The van der Waals surface area contributed by atoms with Crippen LogP contribution in [0.4, 0.5) is 0 Å². The van der Waals surface area contributed by atoms with Gasteiger partial charge in [-0.3, -0.25) is 0 Å². The number of methoxy groups -OCH3 is 1. The Morgan fingerprint density at radius 2 is 1.58 bits per heavy atom. The second-order valence-corrected chi connectivity index (χ2v) is 13.9. The van der Waals surface area contributed by atoms with E-state index in [4.69, 9.17) is 9.72 Å². The summed E-state index contributed by atoms with van der Waals surface area (Å²) in [4.78, 5) is 5.22. The van der Waals surface area contributed by atoms with Crippen LogP contribution in [0, 0.1) is 0 Å². The maximum atomic E-state index is 10.6. The number of aliphatic hydroxyl groups excluding tert-OH is 1. The van der Waals surface area contributed by atoms with E-state index in [2.05, 4.69) is 124 Å². The first kappa shape index (κ1) is 28.0. The fourth-order valence-corrected chi connectivity index (χ4v) is 8.05. The summed E-state index contributed by atoms with van der Waals surface area (Å²) in [5, 5.41) is 16.8. The number of fused-ring (bicyclic) bond motifs is 10. The Bertz CT molecular complexity index is 2070. The summed E-state index contributed by atoms with van der Waals surface area (Å²) in [6, 6.07) is 24.5. The Morgan fingerprint density at radius 1 is 0.907 bits per heavy atom. The highest BCUT2D eigenvalue weighted by atomic mass is 16.5. The minimum Gasteiger partial charge on any atom is -0.396 e. The number of aliphatic hydroxyl groups is 1.